The molecule has 5 nitrogen and oxygen atoms in total. The largest absolute Gasteiger partial charge is 0.355 e. The lowest BCUT2D eigenvalue weighted by molar-refractivity contribution is 0.402. The number of halogens is 2. The lowest BCUT2D eigenvalue weighted by atomic mass is 10.1. The summed E-state index contributed by atoms with van der Waals surface area (Å²) >= 11 is 13.8. The number of nitrogens with one attached hydrogen (secondary N) is 2. The molecule has 8 heteroatoms. The average molecular weight is 477 g/mol. The summed E-state index contributed by atoms with van der Waals surface area (Å²) < 4.78 is 0. The first-order valence-electron chi connectivity index (χ1n) is 9.97. The van der Waals surface area contributed by atoms with Gasteiger partial charge in [0, 0.05) is 42.8 Å². The van der Waals surface area contributed by atoms with Crippen molar-refractivity contribution in [2.75, 3.05) is 31.7 Å². The summed E-state index contributed by atoms with van der Waals surface area (Å²) in [5, 5.41) is 4.16. The van der Waals surface area contributed by atoms with E-state index in [4.69, 9.17) is 23.2 Å². The van der Waals surface area contributed by atoms with Crippen molar-refractivity contribution in [3.05, 3.63) is 91.3 Å². The number of rotatable bonds is 10. The van der Waals surface area contributed by atoms with Crippen molar-refractivity contribution in [1.29, 1.82) is 0 Å². The minimum atomic E-state index is -0.158. The van der Waals surface area contributed by atoms with Gasteiger partial charge in [-0.1, -0.05) is 53.5 Å². The molecule has 1 aromatic heterocycles. The second-order valence-electron chi connectivity index (χ2n) is 7.55. The molecule has 0 saturated heterocycles. The van der Waals surface area contributed by atoms with E-state index >= 15 is 0 Å². The monoisotopic (exact) mass is 476 g/mol. The van der Waals surface area contributed by atoms with Crippen molar-refractivity contribution < 1.29 is 0 Å². The van der Waals surface area contributed by atoms with Gasteiger partial charge in [-0.25, -0.2) is 4.98 Å². The predicted octanol–water partition coefficient (Wildman–Crippen LogP) is 5.07. The summed E-state index contributed by atoms with van der Waals surface area (Å²) in [4.78, 5) is 21.7. The molecule has 0 spiro atoms. The number of hydrogen-bond donors (Lipinski definition) is 2. The molecule has 3 aromatic rings. The normalized spacial score (nSPS) is 11.1. The highest BCUT2D eigenvalue weighted by atomic mass is 35.5. The quantitative estimate of drug-likeness (QED) is 0.399. The van der Waals surface area contributed by atoms with Crippen LogP contribution < -0.4 is 10.9 Å². The SMILES string of the molecule is CN(C)Cc1cccc(CSCCNc2ncc(Cc3ccc(Cl)c(Cl)c3)c(=O)[nH]2)c1. The van der Waals surface area contributed by atoms with Crippen LogP contribution in [0.3, 0.4) is 0 Å². The lowest BCUT2D eigenvalue weighted by Gasteiger charge is -2.11. The molecule has 31 heavy (non-hydrogen) atoms. The minimum Gasteiger partial charge on any atom is -0.355 e. The van der Waals surface area contributed by atoms with Crippen LogP contribution in [-0.2, 0) is 18.7 Å². The Morgan fingerprint density at radius 2 is 1.87 bits per heavy atom. The maximum Gasteiger partial charge on any atom is 0.255 e. The van der Waals surface area contributed by atoms with E-state index in [-0.39, 0.29) is 5.56 Å². The molecular weight excluding hydrogens is 451 g/mol. The number of anilines is 1. The Kier molecular flexibility index (Phi) is 8.84. The molecule has 0 saturated carbocycles. The molecule has 2 N–H and O–H groups in total. The highest BCUT2D eigenvalue weighted by molar-refractivity contribution is 7.98. The predicted molar refractivity (Wildman–Crippen MR) is 133 cm³/mol. The van der Waals surface area contributed by atoms with E-state index in [1.54, 1.807) is 18.3 Å². The molecule has 0 unspecified atom stereocenters. The summed E-state index contributed by atoms with van der Waals surface area (Å²) in [6.45, 7) is 1.66. The fraction of sp³-hybridized carbons (Fsp3) is 0.304. The Morgan fingerprint density at radius 3 is 2.61 bits per heavy atom. The smallest absolute Gasteiger partial charge is 0.255 e. The van der Waals surface area contributed by atoms with Crippen molar-refractivity contribution in [1.82, 2.24) is 14.9 Å². The fourth-order valence-corrected chi connectivity index (χ4v) is 4.25. The van der Waals surface area contributed by atoms with Crippen molar-refractivity contribution in [2.24, 2.45) is 0 Å². The van der Waals surface area contributed by atoms with Crippen molar-refractivity contribution in [2.45, 2.75) is 18.7 Å². The van der Waals surface area contributed by atoms with Gasteiger partial charge in [0.1, 0.15) is 0 Å². The van der Waals surface area contributed by atoms with E-state index in [9.17, 15) is 4.79 Å². The summed E-state index contributed by atoms with van der Waals surface area (Å²) in [5.74, 6) is 2.35. The lowest BCUT2D eigenvalue weighted by Crippen LogP contribution is -2.18. The third-order valence-corrected chi connectivity index (χ3v) is 6.32. The first kappa shape index (κ1) is 23.7. The molecule has 0 bridgehead atoms. The van der Waals surface area contributed by atoms with Crippen LogP contribution >= 0.6 is 35.0 Å². The van der Waals surface area contributed by atoms with E-state index in [1.165, 1.54) is 11.1 Å². The van der Waals surface area contributed by atoms with Crippen LogP contribution in [0, 0.1) is 0 Å². The van der Waals surface area contributed by atoms with Gasteiger partial charge in [0.2, 0.25) is 5.95 Å². The molecule has 0 radical (unpaired) electrons. The Morgan fingerprint density at radius 1 is 1.06 bits per heavy atom. The van der Waals surface area contributed by atoms with E-state index in [1.807, 2.05) is 17.8 Å². The molecule has 0 aliphatic heterocycles. The number of aromatic nitrogens is 2. The summed E-state index contributed by atoms with van der Waals surface area (Å²) in [6, 6.07) is 14.0. The first-order valence-corrected chi connectivity index (χ1v) is 11.9. The summed E-state index contributed by atoms with van der Waals surface area (Å²) in [5.41, 5.74) is 3.98. The van der Waals surface area contributed by atoms with Gasteiger partial charge in [-0.3, -0.25) is 9.78 Å². The molecule has 1 heterocycles. The van der Waals surface area contributed by atoms with E-state index in [2.05, 4.69) is 58.5 Å². The van der Waals surface area contributed by atoms with E-state index in [0.29, 0.717) is 28.0 Å². The third kappa shape index (κ3) is 7.58. The topological polar surface area (TPSA) is 61.0 Å². The number of hydrogen-bond acceptors (Lipinski definition) is 5. The van der Waals surface area contributed by atoms with Crippen molar-refractivity contribution >= 4 is 40.9 Å². The van der Waals surface area contributed by atoms with Crippen LogP contribution in [0.4, 0.5) is 5.95 Å². The number of H-pyrrole nitrogens is 1. The first-order chi connectivity index (χ1) is 14.9. The molecule has 0 aliphatic rings. The zero-order valence-corrected chi connectivity index (χ0v) is 19.9. The number of benzene rings is 2. The van der Waals surface area contributed by atoms with E-state index in [0.717, 1.165) is 30.2 Å². The maximum absolute atomic E-state index is 12.4. The van der Waals surface area contributed by atoms with Crippen LogP contribution in [0.5, 0.6) is 0 Å². The third-order valence-electron chi connectivity index (χ3n) is 4.55. The molecular formula is C23H26Cl2N4OS. The molecule has 3 rings (SSSR count). The molecule has 164 valence electrons. The van der Waals surface area contributed by atoms with Gasteiger partial charge in [-0.15, -0.1) is 0 Å². The van der Waals surface area contributed by atoms with Gasteiger partial charge in [0.25, 0.3) is 5.56 Å². The number of thioether (sulfide) groups is 1. The Balaban J connectivity index is 1.45. The zero-order chi connectivity index (χ0) is 22.2. The van der Waals surface area contributed by atoms with Gasteiger partial charge in [-0.05, 0) is 42.9 Å². The highest BCUT2D eigenvalue weighted by Crippen LogP contribution is 2.23. The van der Waals surface area contributed by atoms with Crippen LogP contribution in [-0.4, -0.2) is 41.3 Å². The maximum atomic E-state index is 12.4. The Labute approximate surface area is 197 Å². The van der Waals surface area contributed by atoms with Gasteiger partial charge in [-0.2, -0.15) is 11.8 Å². The molecule has 0 atom stereocenters. The molecule has 0 amide bonds. The number of aromatic amines is 1. The summed E-state index contributed by atoms with van der Waals surface area (Å²) in [6.07, 6.45) is 2.05. The van der Waals surface area contributed by atoms with Gasteiger partial charge in [0.05, 0.1) is 10.0 Å². The van der Waals surface area contributed by atoms with E-state index < -0.39 is 0 Å². The van der Waals surface area contributed by atoms with Crippen LogP contribution in [0.25, 0.3) is 0 Å². The van der Waals surface area contributed by atoms with Crippen LogP contribution in [0.15, 0.2) is 53.5 Å². The van der Waals surface area contributed by atoms with Crippen LogP contribution in [0.2, 0.25) is 10.0 Å². The Hall–Kier alpha value is -1.99. The van der Waals surface area contributed by atoms with Crippen LogP contribution in [0.1, 0.15) is 22.3 Å². The second-order valence-corrected chi connectivity index (χ2v) is 9.47. The molecule has 2 aromatic carbocycles. The minimum absolute atomic E-state index is 0.158. The zero-order valence-electron chi connectivity index (χ0n) is 17.6. The highest BCUT2D eigenvalue weighted by Gasteiger charge is 2.06. The fourth-order valence-electron chi connectivity index (χ4n) is 3.12. The standard InChI is InChI=1S/C23H26Cl2N4OS/c1-29(2)14-17-4-3-5-18(10-17)15-31-9-8-26-23-27-13-19(22(30)28-23)11-16-6-7-20(24)21(25)12-16/h3-7,10,12-13H,8-9,11,14-15H2,1-2H3,(H2,26,27,28,30). The number of nitrogens with zero attached hydrogens (tertiary/aromatic N) is 2. The second kappa shape index (κ2) is 11.6. The average Bonchev–Trinajstić information content (AvgIpc) is 2.72. The Bertz CT molecular complexity index is 1070. The van der Waals surface area contributed by atoms with Crippen molar-refractivity contribution in [3.8, 4) is 0 Å². The van der Waals surface area contributed by atoms with Gasteiger partial charge >= 0.3 is 0 Å². The van der Waals surface area contributed by atoms with Gasteiger partial charge < -0.3 is 10.2 Å². The summed E-state index contributed by atoms with van der Waals surface area (Å²) in [7, 11) is 4.15. The van der Waals surface area contributed by atoms with Crippen molar-refractivity contribution in [3.63, 3.8) is 0 Å². The molecule has 0 aliphatic carbocycles. The van der Waals surface area contributed by atoms with Gasteiger partial charge in [0.15, 0.2) is 0 Å². The molecule has 0 fully saturated rings.